The average molecular weight is 316 g/mol. The van der Waals surface area contributed by atoms with Crippen LogP contribution in [0.1, 0.15) is 29.4 Å². The van der Waals surface area contributed by atoms with E-state index >= 15 is 0 Å². The van der Waals surface area contributed by atoms with Crippen molar-refractivity contribution >= 4 is 17.7 Å². The molecular formula is C16H20N4O3. The van der Waals surface area contributed by atoms with E-state index < -0.39 is 5.54 Å². The van der Waals surface area contributed by atoms with Gasteiger partial charge in [0, 0.05) is 38.4 Å². The van der Waals surface area contributed by atoms with Crippen molar-refractivity contribution in [1.82, 2.24) is 20.1 Å². The minimum atomic E-state index is -0.493. The Labute approximate surface area is 134 Å². The molecule has 0 aromatic carbocycles. The number of pyridine rings is 1. The van der Waals surface area contributed by atoms with Gasteiger partial charge in [-0.15, -0.1) is 0 Å². The summed E-state index contributed by atoms with van der Waals surface area (Å²) in [4.78, 5) is 43.6. The zero-order valence-corrected chi connectivity index (χ0v) is 13.3. The van der Waals surface area contributed by atoms with Gasteiger partial charge < -0.3 is 15.1 Å². The van der Waals surface area contributed by atoms with Crippen LogP contribution in [0.3, 0.4) is 0 Å². The molecule has 1 atom stereocenters. The summed E-state index contributed by atoms with van der Waals surface area (Å²) in [5.41, 5.74) is 0.909. The number of piperazine rings is 1. The first-order valence-electron chi connectivity index (χ1n) is 7.68. The maximum Gasteiger partial charge on any atom is 0.255 e. The van der Waals surface area contributed by atoms with Crippen LogP contribution in [0.5, 0.6) is 0 Å². The maximum absolute atomic E-state index is 12.6. The Balaban J connectivity index is 1.79. The largest absolute Gasteiger partial charge is 0.352 e. The van der Waals surface area contributed by atoms with Crippen molar-refractivity contribution in [1.29, 1.82) is 0 Å². The molecule has 0 unspecified atom stereocenters. The molecule has 0 aliphatic carbocycles. The van der Waals surface area contributed by atoms with Crippen LogP contribution in [0.4, 0.5) is 0 Å². The first-order valence-corrected chi connectivity index (χ1v) is 7.68. The molecule has 7 nitrogen and oxygen atoms in total. The lowest BCUT2D eigenvalue weighted by Gasteiger charge is -2.43. The third-order valence-electron chi connectivity index (χ3n) is 4.65. The zero-order valence-electron chi connectivity index (χ0n) is 13.3. The van der Waals surface area contributed by atoms with Gasteiger partial charge in [0.2, 0.25) is 11.8 Å². The van der Waals surface area contributed by atoms with Crippen molar-refractivity contribution in [2.45, 2.75) is 25.8 Å². The van der Waals surface area contributed by atoms with E-state index in [0.717, 1.165) is 5.69 Å². The Bertz CT molecular complexity index is 658. The van der Waals surface area contributed by atoms with Gasteiger partial charge in [-0.1, -0.05) is 0 Å². The smallest absolute Gasteiger partial charge is 0.255 e. The number of aryl methyl sites for hydroxylation is 1. The molecule has 3 amide bonds. The Morgan fingerprint density at radius 1 is 1.35 bits per heavy atom. The molecule has 23 heavy (non-hydrogen) atoms. The van der Waals surface area contributed by atoms with E-state index in [1.54, 1.807) is 22.1 Å². The van der Waals surface area contributed by atoms with Gasteiger partial charge in [-0.05, 0) is 25.5 Å². The molecule has 2 saturated heterocycles. The van der Waals surface area contributed by atoms with Crippen molar-refractivity contribution in [3.8, 4) is 0 Å². The summed E-state index contributed by atoms with van der Waals surface area (Å²) < 4.78 is 0. The van der Waals surface area contributed by atoms with Gasteiger partial charge in [-0.25, -0.2) is 0 Å². The van der Waals surface area contributed by atoms with Crippen LogP contribution in [-0.2, 0) is 9.59 Å². The third kappa shape index (κ3) is 2.78. The van der Waals surface area contributed by atoms with Gasteiger partial charge >= 0.3 is 0 Å². The summed E-state index contributed by atoms with van der Waals surface area (Å²) >= 11 is 0. The van der Waals surface area contributed by atoms with E-state index in [-0.39, 0.29) is 24.3 Å². The minimum absolute atomic E-state index is 0.0590. The van der Waals surface area contributed by atoms with E-state index in [9.17, 15) is 14.4 Å². The second-order valence-electron chi connectivity index (χ2n) is 6.27. The molecule has 2 aliphatic rings. The van der Waals surface area contributed by atoms with Crippen LogP contribution in [0.2, 0.25) is 0 Å². The number of likely N-dealkylation sites (tertiary alicyclic amines) is 1. The van der Waals surface area contributed by atoms with Gasteiger partial charge in [-0.3, -0.25) is 19.4 Å². The van der Waals surface area contributed by atoms with Gasteiger partial charge in [0.25, 0.3) is 5.91 Å². The second kappa shape index (κ2) is 5.64. The number of rotatable bonds is 1. The Morgan fingerprint density at radius 3 is 2.78 bits per heavy atom. The Kier molecular flexibility index (Phi) is 3.79. The topological polar surface area (TPSA) is 82.6 Å². The second-order valence-corrected chi connectivity index (χ2v) is 6.27. The fourth-order valence-corrected chi connectivity index (χ4v) is 3.34. The van der Waals surface area contributed by atoms with Crippen molar-refractivity contribution in [3.63, 3.8) is 0 Å². The highest BCUT2D eigenvalue weighted by atomic mass is 16.2. The molecule has 0 radical (unpaired) electrons. The molecule has 7 heteroatoms. The molecule has 3 heterocycles. The molecule has 1 aromatic rings. The van der Waals surface area contributed by atoms with Crippen LogP contribution in [-0.4, -0.2) is 64.2 Å². The molecular weight excluding hydrogens is 296 g/mol. The van der Waals surface area contributed by atoms with Crippen molar-refractivity contribution in [2.75, 3.05) is 26.2 Å². The zero-order chi connectivity index (χ0) is 16.6. The molecule has 0 bridgehead atoms. The lowest BCUT2D eigenvalue weighted by molar-refractivity contribution is -0.144. The molecule has 3 rings (SSSR count). The quantitative estimate of drug-likeness (QED) is 0.788. The minimum Gasteiger partial charge on any atom is -0.352 e. The van der Waals surface area contributed by atoms with Gasteiger partial charge in [0.15, 0.2) is 0 Å². The van der Waals surface area contributed by atoms with Crippen LogP contribution in [0, 0.1) is 6.92 Å². The van der Waals surface area contributed by atoms with Gasteiger partial charge in [0.05, 0.1) is 11.1 Å². The number of amides is 3. The van der Waals surface area contributed by atoms with Crippen molar-refractivity contribution in [3.05, 3.63) is 29.6 Å². The molecule has 2 aliphatic heterocycles. The van der Waals surface area contributed by atoms with E-state index in [1.165, 1.54) is 6.92 Å². The van der Waals surface area contributed by atoms with Crippen molar-refractivity contribution in [2.24, 2.45) is 0 Å². The number of carbonyl (C=O) groups is 3. The Morgan fingerprint density at radius 2 is 2.13 bits per heavy atom. The summed E-state index contributed by atoms with van der Waals surface area (Å²) in [6, 6.07) is 3.57. The van der Waals surface area contributed by atoms with Crippen LogP contribution in [0.15, 0.2) is 18.3 Å². The van der Waals surface area contributed by atoms with Gasteiger partial charge in [-0.2, -0.15) is 0 Å². The highest BCUT2D eigenvalue weighted by molar-refractivity contribution is 5.94. The molecule has 1 aromatic heterocycles. The van der Waals surface area contributed by atoms with Crippen LogP contribution in [0.25, 0.3) is 0 Å². The summed E-state index contributed by atoms with van der Waals surface area (Å²) in [6.07, 6.45) is 2.24. The van der Waals surface area contributed by atoms with E-state index in [0.29, 0.717) is 31.6 Å². The van der Waals surface area contributed by atoms with Crippen LogP contribution >= 0.6 is 0 Å². The predicted octanol–water partition coefficient (Wildman–Crippen LogP) is -0.0470. The molecule has 2 fully saturated rings. The number of aromatic nitrogens is 1. The first kappa shape index (κ1) is 15.5. The van der Waals surface area contributed by atoms with E-state index in [1.807, 2.05) is 13.0 Å². The maximum atomic E-state index is 12.6. The lowest BCUT2D eigenvalue weighted by Crippen LogP contribution is -2.65. The van der Waals surface area contributed by atoms with Crippen LogP contribution < -0.4 is 5.32 Å². The fraction of sp³-hybridized carbons (Fsp3) is 0.500. The molecule has 122 valence electrons. The number of hydrogen-bond donors (Lipinski definition) is 1. The summed E-state index contributed by atoms with van der Waals surface area (Å²) in [6.45, 7) is 4.78. The predicted molar refractivity (Wildman–Crippen MR) is 82.6 cm³/mol. The molecule has 0 saturated carbocycles. The Hall–Kier alpha value is -2.44. The number of nitrogens with one attached hydrogen (secondary N) is 1. The fourth-order valence-electron chi connectivity index (χ4n) is 3.34. The SMILES string of the molecule is CC(=O)N1CC(=O)NC[C@@]12CCN(C(=O)c1ccc(C)nc1)C2. The number of carbonyl (C=O) groups excluding carboxylic acids is 3. The third-order valence-corrected chi connectivity index (χ3v) is 4.65. The first-order chi connectivity index (χ1) is 10.9. The normalized spacial score (nSPS) is 24.0. The number of nitrogens with zero attached hydrogens (tertiary/aromatic N) is 3. The monoisotopic (exact) mass is 316 g/mol. The summed E-state index contributed by atoms with van der Waals surface area (Å²) in [5, 5.41) is 2.82. The summed E-state index contributed by atoms with van der Waals surface area (Å²) in [5.74, 6) is -0.376. The highest BCUT2D eigenvalue weighted by Gasteiger charge is 2.48. The summed E-state index contributed by atoms with van der Waals surface area (Å²) in [7, 11) is 0. The van der Waals surface area contributed by atoms with Crippen molar-refractivity contribution < 1.29 is 14.4 Å². The standard InChI is InChI=1S/C16H20N4O3/c1-11-3-4-13(7-17-11)15(23)19-6-5-16(10-19)9-18-14(22)8-20(16)12(2)21/h3-4,7H,5-6,8-10H2,1-2H3,(H,18,22)/t16-/m1/s1. The van der Waals surface area contributed by atoms with Gasteiger partial charge in [0.1, 0.15) is 6.54 Å². The molecule has 1 N–H and O–H groups in total. The molecule has 1 spiro atoms. The lowest BCUT2D eigenvalue weighted by atomic mass is 9.93. The van der Waals surface area contributed by atoms with E-state index in [4.69, 9.17) is 0 Å². The number of hydrogen-bond acceptors (Lipinski definition) is 4. The average Bonchev–Trinajstić information content (AvgIpc) is 2.95. The highest BCUT2D eigenvalue weighted by Crippen LogP contribution is 2.30. The van der Waals surface area contributed by atoms with E-state index in [2.05, 4.69) is 10.3 Å².